The fraction of sp³-hybridized carbons (Fsp3) is 0.643. The molecule has 0 radical (unpaired) electrons. The first-order chi connectivity index (χ1) is 11.3. The summed E-state index contributed by atoms with van der Waals surface area (Å²) in [7, 11) is -2.51. The average molecular weight is 362 g/mol. The van der Waals surface area contributed by atoms with Crippen molar-refractivity contribution >= 4 is 28.0 Å². The highest BCUT2D eigenvalue weighted by molar-refractivity contribution is 7.86. The molecule has 0 amide bonds. The van der Waals surface area contributed by atoms with Crippen molar-refractivity contribution in [3.63, 3.8) is 0 Å². The Bertz CT molecular complexity index is 639. The zero-order valence-corrected chi connectivity index (χ0v) is 13.8. The zero-order chi connectivity index (χ0) is 17.9. The van der Waals surface area contributed by atoms with Crippen LogP contribution in [0.2, 0.25) is 0 Å². The van der Waals surface area contributed by atoms with E-state index in [1.807, 2.05) is 0 Å². The molecule has 2 bridgehead atoms. The summed E-state index contributed by atoms with van der Waals surface area (Å²) in [5.41, 5.74) is 0. The van der Waals surface area contributed by atoms with Crippen LogP contribution in [-0.2, 0) is 42.9 Å². The predicted octanol–water partition coefficient (Wildman–Crippen LogP) is -0.445. The summed E-state index contributed by atoms with van der Waals surface area (Å²) in [5.74, 6) is -3.33. The third-order valence-electron chi connectivity index (χ3n) is 3.96. The molecule has 0 N–H and O–H groups in total. The van der Waals surface area contributed by atoms with Gasteiger partial charge in [-0.2, -0.15) is 8.42 Å². The topological polar surface area (TPSA) is 122 Å². The van der Waals surface area contributed by atoms with Crippen LogP contribution < -0.4 is 0 Å². The lowest BCUT2D eigenvalue weighted by atomic mass is 10.0. The fourth-order valence-corrected chi connectivity index (χ4v) is 4.53. The second-order valence-corrected chi connectivity index (χ2v) is 7.23. The van der Waals surface area contributed by atoms with Crippen LogP contribution in [0.1, 0.15) is 12.8 Å². The molecule has 0 spiro atoms. The Morgan fingerprint density at radius 3 is 2.62 bits per heavy atom. The van der Waals surface area contributed by atoms with E-state index in [-0.39, 0.29) is 12.2 Å². The molecule has 1 aliphatic heterocycles. The van der Waals surface area contributed by atoms with Gasteiger partial charge in [-0.15, -0.1) is 0 Å². The molecule has 1 heterocycles. The van der Waals surface area contributed by atoms with E-state index in [0.29, 0.717) is 6.42 Å². The first-order valence-electron chi connectivity index (χ1n) is 7.22. The van der Waals surface area contributed by atoms with Crippen LogP contribution in [0.5, 0.6) is 0 Å². The van der Waals surface area contributed by atoms with Crippen molar-refractivity contribution in [1.29, 1.82) is 0 Å². The second-order valence-electron chi connectivity index (χ2n) is 5.59. The fourth-order valence-electron chi connectivity index (χ4n) is 3.00. The van der Waals surface area contributed by atoms with Gasteiger partial charge in [0.1, 0.15) is 12.2 Å². The van der Waals surface area contributed by atoms with Gasteiger partial charge >= 0.3 is 17.9 Å². The van der Waals surface area contributed by atoms with Gasteiger partial charge in [0.25, 0.3) is 10.1 Å². The molecular formula is C14H18O9S. The highest BCUT2D eigenvalue weighted by Gasteiger charge is 2.54. The Labute approximate surface area is 139 Å². The minimum absolute atomic E-state index is 0.0350. The first kappa shape index (κ1) is 18.4. The van der Waals surface area contributed by atoms with E-state index in [2.05, 4.69) is 16.1 Å². The lowest BCUT2D eigenvalue weighted by Gasteiger charge is -2.30. The van der Waals surface area contributed by atoms with E-state index in [1.165, 1.54) is 7.11 Å². The molecule has 2 aliphatic rings. The van der Waals surface area contributed by atoms with Gasteiger partial charge in [0.2, 0.25) is 0 Å². The summed E-state index contributed by atoms with van der Waals surface area (Å²) in [5, 5.41) is 0. The summed E-state index contributed by atoms with van der Waals surface area (Å²) in [6, 6.07) is 0. The van der Waals surface area contributed by atoms with Crippen LogP contribution in [0.4, 0.5) is 0 Å². The molecule has 0 aromatic rings. The third-order valence-corrected chi connectivity index (χ3v) is 5.31. The smallest absolute Gasteiger partial charge is 0.344 e. The van der Waals surface area contributed by atoms with Crippen LogP contribution in [0.25, 0.3) is 0 Å². The molecule has 1 aliphatic carbocycles. The Kier molecular flexibility index (Phi) is 5.60. The molecule has 2 fully saturated rings. The van der Waals surface area contributed by atoms with Crippen molar-refractivity contribution in [2.24, 2.45) is 11.8 Å². The number of fused-ring (bicyclic) bond motifs is 2. The first-order valence-corrected chi connectivity index (χ1v) is 8.80. The van der Waals surface area contributed by atoms with Crippen LogP contribution in [0.3, 0.4) is 0 Å². The molecule has 0 aromatic heterocycles. The van der Waals surface area contributed by atoms with Gasteiger partial charge in [-0.1, -0.05) is 6.58 Å². The zero-order valence-electron chi connectivity index (χ0n) is 13.0. The van der Waals surface area contributed by atoms with E-state index in [4.69, 9.17) is 8.92 Å². The quantitative estimate of drug-likeness (QED) is 0.268. The third kappa shape index (κ3) is 4.32. The molecular weight excluding hydrogens is 344 g/mol. The van der Waals surface area contributed by atoms with Gasteiger partial charge in [0.05, 0.1) is 19.3 Å². The molecule has 4 unspecified atom stereocenters. The number of rotatable bonds is 6. The Morgan fingerprint density at radius 2 is 2.00 bits per heavy atom. The van der Waals surface area contributed by atoms with E-state index in [0.717, 1.165) is 6.08 Å². The standard InChI is InChI=1S/C14H18O9S/c1-3-10(15)21-6-12(17)22-13-9-4-8(5-11(16)20-2)14(13)23-24(18,19)7-9/h3,8-9,13-14H,1,4-7H2,2H3. The van der Waals surface area contributed by atoms with Crippen LogP contribution in [0.15, 0.2) is 12.7 Å². The molecule has 4 atom stereocenters. The maximum atomic E-state index is 11.8. The monoisotopic (exact) mass is 362 g/mol. The maximum Gasteiger partial charge on any atom is 0.344 e. The van der Waals surface area contributed by atoms with Crippen molar-refractivity contribution in [2.45, 2.75) is 25.0 Å². The second kappa shape index (κ2) is 7.31. The van der Waals surface area contributed by atoms with Crippen molar-refractivity contribution in [1.82, 2.24) is 0 Å². The predicted molar refractivity (Wildman–Crippen MR) is 77.9 cm³/mol. The van der Waals surface area contributed by atoms with E-state index < -0.39 is 58.7 Å². The molecule has 1 saturated carbocycles. The Balaban J connectivity index is 2.04. The van der Waals surface area contributed by atoms with E-state index >= 15 is 0 Å². The largest absolute Gasteiger partial charge is 0.469 e. The van der Waals surface area contributed by atoms with E-state index in [1.54, 1.807) is 0 Å². The lowest BCUT2D eigenvalue weighted by molar-refractivity contribution is -0.165. The van der Waals surface area contributed by atoms with Crippen LogP contribution >= 0.6 is 0 Å². The maximum absolute atomic E-state index is 11.8. The van der Waals surface area contributed by atoms with Crippen LogP contribution in [-0.4, -0.2) is 58.0 Å². The number of carbonyl (C=O) groups is 3. The van der Waals surface area contributed by atoms with Crippen molar-refractivity contribution in [2.75, 3.05) is 19.5 Å². The summed E-state index contributed by atoms with van der Waals surface area (Å²) >= 11 is 0. The van der Waals surface area contributed by atoms with Crippen LogP contribution in [0, 0.1) is 11.8 Å². The number of carbonyl (C=O) groups excluding carboxylic acids is 3. The molecule has 10 heteroatoms. The number of ether oxygens (including phenoxy) is 3. The normalized spacial score (nSPS) is 30.2. The molecule has 9 nitrogen and oxygen atoms in total. The van der Waals surface area contributed by atoms with Crippen molar-refractivity contribution in [3.8, 4) is 0 Å². The van der Waals surface area contributed by atoms with Gasteiger partial charge < -0.3 is 14.2 Å². The number of hydrogen-bond donors (Lipinski definition) is 0. The average Bonchev–Trinajstić information content (AvgIpc) is 2.72. The molecule has 24 heavy (non-hydrogen) atoms. The van der Waals surface area contributed by atoms with E-state index in [9.17, 15) is 22.8 Å². The van der Waals surface area contributed by atoms with Crippen molar-refractivity contribution in [3.05, 3.63) is 12.7 Å². The number of esters is 3. The molecule has 2 rings (SSSR count). The van der Waals surface area contributed by atoms with Gasteiger partial charge in [0, 0.05) is 17.9 Å². The number of hydrogen-bond acceptors (Lipinski definition) is 9. The SMILES string of the molecule is C=CC(=O)OCC(=O)OC1C2CC(CC(=O)OC)C1OS(=O)(=O)C2. The van der Waals surface area contributed by atoms with Gasteiger partial charge in [-0.25, -0.2) is 9.59 Å². The minimum atomic E-state index is -3.73. The van der Waals surface area contributed by atoms with Gasteiger partial charge in [0.15, 0.2) is 6.61 Å². The Hall–Kier alpha value is -1.94. The minimum Gasteiger partial charge on any atom is -0.469 e. The lowest BCUT2D eigenvalue weighted by Crippen LogP contribution is -2.44. The summed E-state index contributed by atoms with van der Waals surface area (Å²) < 4.78 is 42.9. The van der Waals surface area contributed by atoms with Crippen molar-refractivity contribution < 1.29 is 41.2 Å². The summed E-state index contributed by atoms with van der Waals surface area (Å²) in [4.78, 5) is 34.2. The summed E-state index contributed by atoms with van der Waals surface area (Å²) in [6.07, 6.45) is -0.555. The molecule has 1 saturated heterocycles. The number of methoxy groups -OCH3 is 1. The Morgan fingerprint density at radius 1 is 1.29 bits per heavy atom. The molecule has 134 valence electrons. The highest BCUT2D eigenvalue weighted by Crippen LogP contribution is 2.43. The highest BCUT2D eigenvalue weighted by atomic mass is 32.2. The summed E-state index contributed by atoms with van der Waals surface area (Å²) in [6.45, 7) is 2.58. The van der Waals surface area contributed by atoms with Gasteiger partial charge in [-0.3, -0.25) is 8.98 Å². The molecule has 0 aromatic carbocycles. The van der Waals surface area contributed by atoms with Gasteiger partial charge in [-0.05, 0) is 6.42 Å².